The fourth-order valence-electron chi connectivity index (χ4n) is 2.24. The molecule has 3 N–H and O–H groups in total. The van der Waals surface area contributed by atoms with Crippen LogP contribution in [0.1, 0.15) is 32.1 Å². The first-order chi connectivity index (χ1) is 8.59. The van der Waals surface area contributed by atoms with E-state index in [0.29, 0.717) is 6.42 Å². The summed E-state index contributed by atoms with van der Waals surface area (Å²) in [7, 11) is 0. The molecule has 4 nitrogen and oxygen atoms in total. The molecule has 1 aliphatic carbocycles. The molecule has 1 amide bonds. The van der Waals surface area contributed by atoms with Crippen molar-refractivity contribution in [2.75, 3.05) is 19.8 Å². The third kappa shape index (κ3) is 6.26. The van der Waals surface area contributed by atoms with E-state index in [1.165, 1.54) is 0 Å². The second kappa shape index (κ2) is 8.37. The van der Waals surface area contributed by atoms with Crippen molar-refractivity contribution in [3.8, 4) is 0 Å². The Hall–Kier alpha value is -0.750. The number of hydrogen-bond acceptors (Lipinski definition) is 3. The van der Waals surface area contributed by atoms with Gasteiger partial charge in [0.05, 0.1) is 6.61 Å². The lowest BCUT2D eigenvalue weighted by Crippen LogP contribution is -2.37. The molecule has 106 valence electrons. The Kier molecular flexibility index (Phi) is 7.12. The van der Waals surface area contributed by atoms with Crippen LogP contribution in [-0.2, 0) is 9.53 Å². The minimum atomic E-state index is -2.46. The lowest BCUT2D eigenvalue weighted by molar-refractivity contribution is -0.122. The van der Waals surface area contributed by atoms with E-state index in [0.717, 1.165) is 25.7 Å². The SMILES string of the molecule is NC1CCCCC1CC(=O)NCCOCC(F)F. The lowest BCUT2D eigenvalue weighted by Gasteiger charge is -2.27. The van der Waals surface area contributed by atoms with Crippen molar-refractivity contribution < 1.29 is 18.3 Å². The monoisotopic (exact) mass is 264 g/mol. The molecule has 1 saturated carbocycles. The number of nitrogens with two attached hydrogens (primary N) is 1. The summed E-state index contributed by atoms with van der Waals surface area (Å²) in [4.78, 5) is 11.6. The first-order valence-corrected chi connectivity index (χ1v) is 6.47. The number of hydrogen-bond donors (Lipinski definition) is 2. The summed E-state index contributed by atoms with van der Waals surface area (Å²) in [5.74, 6) is 0.179. The minimum absolute atomic E-state index is 0.0713. The third-order valence-electron chi connectivity index (χ3n) is 3.23. The van der Waals surface area contributed by atoms with E-state index >= 15 is 0 Å². The Balaban J connectivity index is 2.06. The quantitative estimate of drug-likeness (QED) is 0.681. The van der Waals surface area contributed by atoms with Gasteiger partial charge in [-0.1, -0.05) is 12.8 Å². The Morgan fingerprint density at radius 1 is 1.39 bits per heavy atom. The van der Waals surface area contributed by atoms with Gasteiger partial charge in [-0.15, -0.1) is 0 Å². The van der Waals surface area contributed by atoms with Crippen LogP contribution in [0.25, 0.3) is 0 Å². The van der Waals surface area contributed by atoms with Gasteiger partial charge in [-0.3, -0.25) is 4.79 Å². The van der Waals surface area contributed by atoms with E-state index in [1.54, 1.807) is 0 Å². The maximum absolute atomic E-state index is 11.7. The molecule has 0 radical (unpaired) electrons. The summed E-state index contributed by atoms with van der Waals surface area (Å²) in [6, 6.07) is 0.111. The first kappa shape index (κ1) is 15.3. The molecule has 0 aliphatic heterocycles. The smallest absolute Gasteiger partial charge is 0.261 e. The molecule has 18 heavy (non-hydrogen) atoms. The van der Waals surface area contributed by atoms with Gasteiger partial charge in [-0.2, -0.15) is 0 Å². The molecule has 0 bridgehead atoms. The fraction of sp³-hybridized carbons (Fsp3) is 0.917. The van der Waals surface area contributed by atoms with Crippen LogP contribution >= 0.6 is 0 Å². The van der Waals surface area contributed by atoms with E-state index in [-0.39, 0.29) is 31.0 Å². The number of amides is 1. The van der Waals surface area contributed by atoms with E-state index in [9.17, 15) is 13.6 Å². The maximum Gasteiger partial charge on any atom is 0.261 e. The highest BCUT2D eigenvalue weighted by atomic mass is 19.3. The largest absolute Gasteiger partial charge is 0.374 e. The molecule has 0 spiro atoms. The molecule has 0 saturated heterocycles. The molecular formula is C12H22F2N2O2. The predicted octanol–water partition coefficient (Wildman–Crippen LogP) is 1.29. The zero-order chi connectivity index (χ0) is 13.4. The molecule has 0 aromatic carbocycles. The Labute approximate surface area is 106 Å². The second-order valence-corrected chi connectivity index (χ2v) is 4.73. The third-order valence-corrected chi connectivity index (χ3v) is 3.23. The number of ether oxygens (including phenoxy) is 1. The molecule has 1 rings (SSSR count). The van der Waals surface area contributed by atoms with E-state index < -0.39 is 13.0 Å². The maximum atomic E-state index is 11.7. The lowest BCUT2D eigenvalue weighted by atomic mass is 9.83. The van der Waals surface area contributed by atoms with Crippen LogP contribution in [-0.4, -0.2) is 38.1 Å². The molecule has 1 fully saturated rings. The van der Waals surface area contributed by atoms with Crippen molar-refractivity contribution in [3.63, 3.8) is 0 Å². The fourth-order valence-corrected chi connectivity index (χ4v) is 2.24. The molecule has 0 aromatic rings. The average molecular weight is 264 g/mol. The summed E-state index contributed by atoms with van der Waals surface area (Å²) in [6.07, 6.45) is 2.21. The zero-order valence-electron chi connectivity index (χ0n) is 10.5. The van der Waals surface area contributed by atoms with Gasteiger partial charge in [-0.25, -0.2) is 8.78 Å². The van der Waals surface area contributed by atoms with Crippen molar-refractivity contribution in [1.29, 1.82) is 0 Å². The molecule has 2 unspecified atom stereocenters. The Morgan fingerprint density at radius 3 is 2.78 bits per heavy atom. The van der Waals surface area contributed by atoms with Crippen LogP contribution in [0, 0.1) is 5.92 Å². The van der Waals surface area contributed by atoms with Crippen molar-refractivity contribution in [1.82, 2.24) is 5.32 Å². The molecule has 6 heteroatoms. The van der Waals surface area contributed by atoms with Crippen LogP contribution in [0.2, 0.25) is 0 Å². The minimum Gasteiger partial charge on any atom is -0.374 e. The van der Waals surface area contributed by atoms with Gasteiger partial charge in [0.15, 0.2) is 0 Å². The van der Waals surface area contributed by atoms with Gasteiger partial charge in [0, 0.05) is 19.0 Å². The van der Waals surface area contributed by atoms with E-state index in [4.69, 9.17) is 5.73 Å². The van der Waals surface area contributed by atoms with E-state index in [2.05, 4.69) is 10.1 Å². The molecule has 2 atom stereocenters. The summed E-state index contributed by atoms with van der Waals surface area (Å²) in [5, 5.41) is 2.66. The van der Waals surface area contributed by atoms with Crippen LogP contribution in [0.5, 0.6) is 0 Å². The average Bonchev–Trinajstić information content (AvgIpc) is 2.31. The van der Waals surface area contributed by atoms with Gasteiger partial charge >= 0.3 is 0 Å². The standard InChI is InChI=1S/C12H22F2N2O2/c13-11(14)8-18-6-5-16-12(17)7-9-3-1-2-4-10(9)15/h9-11H,1-8,15H2,(H,16,17). The van der Waals surface area contributed by atoms with Gasteiger partial charge in [0.2, 0.25) is 5.91 Å². The highest BCUT2D eigenvalue weighted by molar-refractivity contribution is 5.76. The topological polar surface area (TPSA) is 64.4 Å². The van der Waals surface area contributed by atoms with Crippen molar-refractivity contribution in [2.24, 2.45) is 11.7 Å². The summed E-state index contributed by atoms with van der Waals surface area (Å²) < 4.78 is 28.2. The number of alkyl halides is 2. The second-order valence-electron chi connectivity index (χ2n) is 4.73. The predicted molar refractivity (Wildman–Crippen MR) is 64.4 cm³/mol. The van der Waals surface area contributed by atoms with Crippen LogP contribution in [0.4, 0.5) is 8.78 Å². The van der Waals surface area contributed by atoms with Gasteiger partial charge in [0.25, 0.3) is 6.43 Å². The summed E-state index contributed by atoms with van der Waals surface area (Å²) in [5.41, 5.74) is 5.95. The van der Waals surface area contributed by atoms with Gasteiger partial charge < -0.3 is 15.8 Å². The van der Waals surface area contributed by atoms with Gasteiger partial charge in [-0.05, 0) is 18.8 Å². The number of rotatable bonds is 7. The number of carbonyl (C=O) groups excluding carboxylic acids is 1. The normalized spacial score (nSPS) is 24.2. The van der Waals surface area contributed by atoms with Crippen LogP contribution in [0.3, 0.4) is 0 Å². The summed E-state index contributed by atoms with van der Waals surface area (Å²) >= 11 is 0. The summed E-state index contributed by atoms with van der Waals surface area (Å²) in [6.45, 7) is -0.191. The number of halogens is 2. The number of nitrogens with one attached hydrogen (secondary N) is 1. The van der Waals surface area contributed by atoms with Crippen LogP contribution in [0.15, 0.2) is 0 Å². The highest BCUT2D eigenvalue weighted by Gasteiger charge is 2.23. The molecule has 0 heterocycles. The Bertz CT molecular complexity index is 252. The number of carbonyl (C=O) groups is 1. The molecule has 0 aromatic heterocycles. The Morgan fingerprint density at radius 2 is 2.11 bits per heavy atom. The first-order valence-electron chi connectivity index (χ1n) is 6.47. The highest BCUT2D eigenvalue weighted by Crippen LogP contribution is 2.25. The van der Waals surface area contributed by atoms with Crippen molar-refractivity contribution >= 4 is 5.91 Å². The zero-order valence-corrected chi connectivity index (χ0v) is 10.5. The van der Waals surface area contributed by atoms with Crippen molar-refractivity contribution in [3.05, 3.63) is 0 Å². The molecular weight excluding hydrogens is 242 g/mol. The van der Waals surface area contributed by atoms with E-state index in [1.807, 2.05) is 0 Å². The van der Waals surface area contributed by atoms with Crippen molar-refractivity contribution in [2.45, 2.75) is 44.6 Å². The van der Waals surface area contributed by atoms with Crippen LogP contribution < -0.4 is 11.1 Å². The van der Waals surface area contributed by atoms with Gasteiger partial charge in [0.1, 0.15) is 6.61 Å². The molecule has 1 aliphatic rings.